The summed E-state index contributed by atoms with van der Waals surface area (Å²) in [5.41, 5.74) is 5.41. The summed E-state index contributed by atoms with van der Waals surface area (Å²) < 4.78 is 21.3. The van der Waals surface area contributed by atoms with Crippen molar-refractivity contribution < 1.29 is 13.6 Å². The van der Waals surface area contributed by atoms with Crippen LogP contribution in [0.3, 0.4) is 0 Å². The molecule has 0 saturated heterocycles. The second kappa shape index (κ2) is 9.55. The lowest BCUT2D eigenvalue weighted by Gasteiger charge is -2.08. The quantitative estimate of drug-likeness (QED) is 0.257. The van der Waals surface area contributed by atoms with Gasteiger partial charge < -0.3 is 14.7 Å². The lowest BCUT2D eigenvalue weighted by molar-refractivity contribution is -0.115. The third-order valence-electron chi connectivity index (χ3n) is 6.50. The lowest BCUT2D eigenvalue weighted by Crippen LogP contribution is -2.14. The number of amides is 1. The Kier molecular flexibility index (Phi) is 5.59. The number of hydrogen-bond donors (Lipinski definition) is 3. The number of anilines is 1. The first kappa shape index (κ1) is 23.4. The number of carbonyl (C=O) groups excluding carboxylic acids is 1. The minimum atomic E-state index is -0.593. The summed E-state index contributed by atoms with van der Waals surface area (Å²) in [5.74, 6) is -0.431. The topological polar surface area (TPSA) is 138 Å². The number of furan rings is 1. The summed E-state index contributed by atoms with van der Waals surface area (Å²) in [6.45, 7) is 0. The molecule has 7 rings (SSSR count). The zero-order chi connectivity index (χ0) is 27.1. The highest BCUT2D eigenvalue weighted by atomic mass is 19.1. The number of nitrogens with zero attached hydrogens (tertiary/aromatic N) is 5. The molecule has 10 nitrogen and oxygen atoms in total. The van der Waals surface area contributed by atoms with Crippen LogP contribution in [0.5, 0.6) is 0 Å². The lowest BCUT2D eigenvalue weighted by atomic mass is 10.1. The molecule has 6 heterocycles. The van der Waals surface area contributed by atoms with E-state index in [4.69, 9.17) is 9.40 Å². The minimum absolute atomic E-state index is 0.0682. The first-order valence-corrected chi connectivity index (χ1v) is 12.3. The van der Waals surface area contributed by atoms with Crippen molar-refractivity contribution in [2.75, 3.05) is 5.32 Å². The van der Waals surface area contributed by atoms with Crippen LogP contribution in [0.4, 0.5) is 10.1 Å². The van der Waals surface area contributed by atoms with Gasteiger partial charge >= 0.3 is 0 Å². The number of aromatic nitrogens is 7. The van der Waals surface area contributed by atoms with E-state index in [-0.39, 0.29) is 23.4 Å². The molecule has 0 saturated carbocycles. The Balaban J connectivity index is 1.24. The Labute approximate surface area is 225 Å². The predicted octanol–water partition coefficient (Wildman–Crippen LogP) is 5.54. The second-order valence-corrected chi connectivity index (χ2v) is 9.14. The highest BCUT2D eigenvalue weighted by Gasteiger charge is 2.21. The summed E-state index contributed by atoms with van der Waals surface area (Å²) in [5, 5.41) is 10.2. The van der Waals surface area contributed by atoms with Crippen molar-refractivity contribution in [2.24, 2.45) is 0 Å². The first-order chi connectivity index (χ1) is 19.6. The van der Waals surface area contributed by atoms with E-state index in [9.17, 15) is 4.79 Å². The van der Waals surface area contributed by atoms with E-state index in [1.807, 2.05) is 36.4 Å². The van der Waals surface area contributed by atoms with E-state index in [0.717, 1.165) is 16.7 Å². The number of pyridine rings is 3. The molecule has 0 radical (unpaired) electrons. The second-order valence-electron chi connectivity index (χ2n) is 9.14. The number of fused-ring (bicyclic) bond motifs is 2. The zero-order valence-electron chi connectivity index (χ0n) is 20.7. The van der Waals surface area contributed by atoms with Crippen LogP contribution in [0.1, 0.15) is 5.56 Å². The van der Waals surface area contributed by atoms with E-state index in [1.165, 1.54) is 18.6 Å². The van der Waals surface area contributed by atoms with Gasteiger partial charge in [-0.1, -0.05) is 30.3 Å². The largest absolute Gasteiger partial charge is 0.472 e. The van der Waals surface area contributed by atoms with Crippen molar-refractivity contribution in [3.8, 4) is 33.9 Å². The maximum Gasteiger partial charge on any atom is 0.228 e. The fourth-order valence-corrected chi connectivity index (χ4v) is 4.65. The molecule has 6 aromatic heterocycles. The van der Waals surface area contributed by atoms with Gasteiger partial charge in [-0.25, -0.2) is 9.37 Å². The van der Waals surface area contributed by atoms with Crippen LogP contribution in [-0.2, 0) is 11.2 Å². The summed E-state index contributed by atoms with van der Waals surface area (Å²) in [6.07, 6.45) is 11.2. The summed E-state index contributed by atoms with van der Waals surface area (Å²) in [4.78, 5) is 33.3. The number of aromatic amines is 2. The van der Waals surface area contributed by atoms with E-state index >= 15 is 4.39 Å². The molecular weight excluding hydrogens is 511 g/mol. The van der Waals surface area contributed by atoms with Gasteiger partial charge in [0.1, 0.15) is 16.9 Å². The highest BCUT2D eigenvalue weighted by molar-refractivity contribution is 5.98. The first-order valence-electron chi connectivity index (χ1n) is 12.3. The number of hydrogen-bond acceptors (Lipinski definition) is 7. The predicted molar refractivity (Wildman–Crippen MR) is 146 cm³/mol. The highest BCUT2D eigenvalue weighted by Crippen LogP contribution is 2.34. The molecule has 0 bridgehead atoms. The number of imidazole rings is 1. The standard InChI is InChI=1S/C29H19FN8O2/c30-25-24-21(37-38-28(24)29-35-22-13-32-12-20(27(22)36-29)17-6-7-40-15-17)14-33-26(25)18-9-19(11-31-10-18)34-23(39)8-16-4-2-1-3-5-16/h1-7,9-15H,8H2,(H,34,39)(H,35,36)(H,37,38). The van der Waals surface area contributed by atoms with E-state index < -0.39 is 5.82 Å². The van der Waals surface area contributed by atoms with Gasteiger partial charge in [0.25, 0.3) is 0 Å². The molecule has 0 aliphatic rings. The molecule has 0 aliphatic carbocycles. The Bertz CT molecular complexity index is 2000. The number of halogens is 1. The molecule has 1 amide bonds. The van der Waals surface area contributed by atoms with Crippen molar-refractivity contribution in [3.63, 3.8) is 0 Å². The average Bonchev–Trinajstić information content (AvgIpc) is 3.73. The van der Waals surface area contributed by atoms with Gasteiger partial charge in [-0.3, -0.25) is 24.8 Å². The van der Waals surface area contributed by atoms with Crippen LogP contribution in [0.2, 0.25) is 0 Å². The van der Waals surface area contributed by atoms with Crippen LogP contribution in [0.15, 0.2) is 90.4 Å². The third-order valence-corrected chi connectivity index (χ3v) is 6.50. The number of nitrogens with one attached hydrogen (secondary N) is 3. The molecule has 0 unspecified atom stereocenters. The van der Waals surface area contributed by atoms with Gasteiger partial charge in [0, 0.05) is 29.1 Å². The summed E-state index contributed by atoms with van der Waals surface area (Å²) in [6, 6.07) is 12.8. The SMILES string of the molecule is O=C(Cc1ccccc1)Nc1cncc(-c2ncc3[nH]nc(-c4nc5c(-c6ccoc6)cncc5[nH]4)c3c2F)c1. The van der Waals surface area contributed by atoms with Gasteiger partial charge in [-0.05, 0) is 17.7 Å². The maximum atomic E-state index is 16.1. The van der Waals surface area contributed by atoms with Crippen LogP contribution < -0.4 is 5.32 Å². The van der Waals surface area contributed by atoms with Gasteiger partial charge in [0.05, 0.1) is 59.6 Å². The maximum absolute atomic E-state index is 16.1. The molecule has 11 heteroatoms. The van der Waals surface area contributed by atoms with E-state index in [2.05, 4.69) is 35.5 Å². The number of rotatable bonds is 6. The molecule has 0 aliphatic heterocycles. The monoisotopic (exact) mass is 530 g/mol. The molecule has 3 N–H and O–H groups in total. The average molecular weight is 531 g/mol. The van der Waals surface area contributed by atoms with Gasteiger partial charge in [-0.2, -0.15) is 5.10 Å². The molecule has 0 spiro atoms. The van der Waals surface area contributed by atoms with Gasteiger partial charge in [-0.15, -0.1) is 0 Å². The number of carbonyl (C=O) groups is 1. The van der Waals surface area contributed by atoms with Crippen molar-refractivity contribution >= 4 is 33.5 Å². The van der Waals surface area contributed by atoms with E-state index in [1.54, 1.807) is 31.0 Å². The summed E-state index contributed by atoms with van der Waals surface area (Å²) in [7, 11) is 0. The van der Waals surface area contributed by atoms with Crippen molar-refractivity contribution in [3.05, 3.63) is 97.4 Å². The molecule has 0 fully saturated rings. The summed E-state index contributed by atoms with van der Waals surface area (Å²) >= 11 is 0. The third kappa shape index (κ3) is 4.15. The molecular formula is C29H19FN8O2. The Morgan fingerprint density at radius 2 is 1.82 bits per heavy atom. The Morgan fingerprint density at radius 3 is 2.67 bits per heavy atom. The molecule has 1 aromatic carbocycles. The van der Waals surface area contributed by atoms with Gasteiger partial charge in [0.15, 0.2) is 11.6 Å². The minimum Gasteiger partial charge on any atom is -0.472 e. The molecule has 0 atom stereocenters. The van der Waals surface area contributed by atoms with Crippen molar-refractivity contribution in [2.45, 2.75) is 6.42 Å². The molecule has 7 aromatic rings. The number of H-pyrrole nitrogens is 2. The van der Waals surface area contributed by atoms with Crippen LogP contribution in [-0.4, -0.2) is 41.0 Å². The van der Waals surface area contributed by atoms with Crippen LogP contribution >= 0.6 is 0 Å². The normalized spacial score (nSPS) is 11.3. The Morgan fingerprint density at radius 1 is 0.950 bits per heavy atom. The van der Waals surface area contributed by atoms with Crippen LogP contribution in [0, 0.1) is 5.82 Å². The van der Waals surface area contributed by atoms with Crippen molar-refractivity contribution in [1.82, 2.24) is 35.1 Å². The molecule has 40 heavy (non-hydrogen) atoms. The zero-order valence-corrected chi connectivity index (χ0v) is 20.7. The fraction of sp³-hybridized carbons (Fsp3) is 0.0345. The smallest absolute Gasteiger partial charge is 0.228 e. The molecule has 194 valence electrons. The number of benzene rings is 1. The van der Waals surface area contributed by atoms with Crippen LogP contribution in [0.25, 0.3) is 55.8 Å². The Hall–Kier alpha value is -5.71. The fourth-order valence-electron chi connectivity index (χ4n) is 4.65. The van der Waals surface area contributed by atoms with Crippen molar-refractivity contribution in [1.29, 1.82) is 0 Å². The van der Waals surface area contributed by atoms with E-state index in [0.29, 0.717) is 39.3 Å². The van der Waals surface area contributed by atoms with Gasteiger partial charge in [0.2, 0.25) is 5.91 Å².